The van der Waals surface area contributed by atoms with Crippen molar-refractivity contribution < 1.29 is 22.6 Å². The molecule has 0 bridgehead atoms. The third-order valence-electron chi connectivity index (χ3n) is 3.74. The number of aromatic nitrogens is 2. The van der Waals surface area contributed by atoms with E-state index in [9.17, 15) is 13.2 Å². The topological polar surface area (TPSA) is 44.2 Å². The maximum atomic E-state index is 12.6. The zero-order valence-corrected chi connectivity index (χ0v) is 14.3. The van der Waals surface area contributed by atoms with Gasteiger partial charge >= 0.3 is 6.18 Å². The minimum Gasteiger partial charge on any atom is -0.489 e. The van der Waals surface area contributed by atoms with Crippen molar-refractivity contribution in [2.24, 2.45) is 0 Å². The molecule has 1 heterocycles. The molecule has 2 aromatic carbocycles. The largest absolute Gasteiger partial charge is 0.489 e. The summed E-state index contributed by atoms with van der Waals surface area (Å²) in [5.74, 6) is 0.647. The van der Waals surface area contributed by atoms with Crippen LogP contribution in [0.4, 0.5) is 13.2 Å². The number of benzene rings is 2. The van der Waals surface area contributed by atoms with Crippen molar-refractivity contribution in [3.63, 3.8) is 0 Å². The van der Waals surface area contributed by atoms with Crippen molar-refractivity contribution >= 4 is 0 Å². The van der Waals surface area contributed by atoms with Crippen molar-refractivity contribution in [2.75, 3.05) is 6.61 Å². The van der Waals surface area contributed by atoms with Crippen molar-refractivity contribution in [3.05, 3.63) is 83.8 Å². The normalized spacial score (nSPS) is 11.2. The van der Waals surface area contributed by atoms with Gasteiger partial charge in [-0.2, -0.15) is 13.2 Å². The first-order valence-corrected chi connectivity index (χ1v) is 8.28. The van der Waals surface area contributed by atoms with Crippen LogP contribution in [-0.4, -0.2) is 16.6 Å². The fourth-order valence-corrected chi connectivity index (χ4v) is 2.34. The molecule has 0 aliphatic carbocycles. The second-order valence-corrected chi connectivity index (χ2v) is 5.76. The second-order valence-electron chi connectivity index (χ2n) is 5.76. The van der Waals surface area contributed by atoms with Gasteiger partial charge in [-0.1, -0.05) is 42.5 Å². The van der Waals surface area contributed by atoms with Crippen LogP contribution in [0.15, 0.2) is 67.0 Å². The Morgan fingerprint density at radius 1 is 0.815 bits per heavy atom. The van der Waals surface area contributed by atoms with Crippen molar-refractivity contribution in [3.8, 4) is 11.6 Å². The molecule has 0 amide bonds. The van der Waals surface area contributed by atoms with Crippen LogP contribution < -0.4 is 9.47 Å². The van der Waals surface area contributed by atoms with Crippen LogP contribution in [-0.2, 0) is 19.2 Å². The van der Waals surface area contributed by atoms with Crippen LogP contribution in [0.2, 0.25) is 0 Å². The molecule has 7 heteroatoms. The van der Waals surface area contributed by atoms with Gasteiger partial charge in [0.1, 0.15) is 18.7 Å². The van der Waals surface area contributed by atoms with Gasteiger partial charge in [-0.05, 0) is 23.3 Å². The lowest BCUT2D eigenvalue weighted by Gasteiger charge is -2.09. The standard InChI is InChI=1S/C20H17F3N2O2/c21-20(22,23)18-12-19(25-14-24-18)26-11-10-15-6-8-17(9-7-15)27-13-16-4-2-1-3-5-16/h1-9,12,14H,10-11,13H2. The molecule has 140 valence electrons. The monoisotopic (exact) mass is 374 g/mol. The molecule has 0 saturated heterocycles. The summed E-state index contributed by atoms with van der Waals surface area (Å²) in [5, 5.41) is 0. The van der Waals surface area contributed by atoms with Crippen molar-refractivity contribution in [2.45, 2.75) is 19.2 Å². The van der Waals surface area contributed by atoms with Gasteiger partial charge in [0.25, 0.3) is 0 Å². The summed E-state index contributed by atoms with van der Waals surface area (Å²) in [5.41, 5.74) is 1.04. The third kappa shape index (κ3) is 5.70. The van der Waals surface area contributed by atoms with E-state index in [1.807, 2.05) is 54.6 Å². The molecule has 0 spiro atoms. The number of nitrogens with zero attached hydrogens (tertiary/aromatic N) is 2. The van der Waals surface area contributed by atoms with Gasteiger partial charge in [0.15, 0.2) is 5.69 Å². The SMILES string of the molecule is FC(F)(F)c1cc(OCCc2ccc(OCc3ccccc3)cc2)ncn1. The molecule has 0 aliphatic heterocycles. The first-order valence-electron chi connectivity index (χ1n) is 8.28. The highest BCUT2D eigenvalue weighted by Crippen LogP contribution is 2.28. The fraction of sp³-hybridized carbons (Fsp3) is 0.200. The molecule has 0 aliphatic rings. The van der Waals surface area contributed by atoms with Crippen LogP contribution in [0.1, 0.15) is 16.8 Å². The fourth-order valence-electron chi connectivity index (χ4n) is 2.34. The second kappa shape index (κ2) is 8.53. The van der Waals surface area contributed by atoms with Crippen LogP contribution in [0.25, 0.3) is 0 Å². The molecule has 4 nitrogen and oxygen atoms in total. The lowest BCUT2D eigenvalue weighted by molar-refractivity contribution is -0.141. The Kier molecular flexibility index (Phi) is 5.90. The summed E-state index contributed by atoms with van der Waals surface area (Å²) in [6.45, 7) is 0.692. The Morgan fingerprint density at radius 2 is 1.56 bits per heavy atom. The Labute approximate surface area is 154 Å². The first kappa shape index (κ1) is 18.7. The van der Waals surface area contributed by atoms with Gasteiger partial charge < -0.3 is 9.47 Å². The Balaban J connectivity index is 1.48. The summed E-state index contributed by atoms with van der Waals surface area (Å²) in [4.78, 5) is 6.89. The van der Waals surface area contributed by atoms with E-state index in [1.165, 1.54) is 0 Å². The number of rotatable bonds is 7. The van der Waals surface area contributed by atoms with E-state index in [0.29, 0.717) is 13.0 Å². The first-order chi connectivity index (χ1) is 13.0. The lowest BCUT2D eigenvalue weighted by Crippen LogP contribution is -2.10. The van der Waals surface area contributed by atoms with E-state index in [-0.39, 0.29) is 12.5 Å². The molecule has 0 unspecified atom stereocenters. The minimum absolute atomic E-state index is 0.0971. The number of hydrogen-bond donors (Lipinski definition) is 0. The van der Waals surface area contributed by atoms with E-state index in [2.05, 4.69) is 9.97 Å². The molecule has 0 atom stereocenters. The average molecular weight is 374 g/mol. The molecule has 27 heavy (non-hydrogen) atoms. The minimum atomic E-state index is -4.52. The van der Waals surface area contributed by atoms with E-state index < -0.39 is 11.9 Å². The van der Waals surface area contributed by atoms with Gasteiger partial charge in [-0.15, -0.1) is 0 Å². The zero-order valence-electron chi connectivity index (χ0n) is 14.3. The molecule has 0 N–H and O–H groups in total. The smallest absolute Gasteiger partial charge is 0.433 e. The highest BCUT2D eigenvalue weighted by Gasteiger charge is 2.33. The van der Waals surface area contributed by atoms with Gasteiger partial charge in [0.2, 0.25) is 5.88 Å². The highest BCUT2D eigenvalue weighted by molar-refractivity contribution is 5.28. The van der Waals surface area contributed by atoms with Crippen LogP contribution in [0.3, 0.4) is 0 Å². The summed E-state index contributed by atoms with van der Waals surface area (Å²) in [6.07, 6.45) is -3.14. The molecule has 3 aromatic rings. The van der Waals surface area contributed by atoms with Gasteiger partial charge in [0.05, 0.1) is 6.61 Å². The van der Waals surface area contributed by atoms with Crippen LogP contribution in [0, 0.1) is 0 Å². The van der Waals surface area contributed by atoms with Gasteiger partial charge in [-0.25, -0.2) is 9.97 Å². The maximum absolute atomic E-state index is 12.6. The number of hydrogen-bond acceptors (Lipinski definition) is 4. The molecule has 1 aromatic heterocycles. The molecular formula is C20H17F3N2O2. The Hall–Kier alpha value is -3.09. The van der Waals surface area contributed by atoms with Gasteiger partial charge in [0, 0.05) is 12.5 Å². The number of ether oxygens (including phenoxy) is 2. The molecular weight excluding hydrogens is 357 g/mol. The summed E-state index contributed by atoms with van der Waals surface area (Å²) in [6, 6.07) is 18.1. The van der Waals surface area contributed by atoms with Crippen LogP contribution >= 0.6 is 0 Å². The highest BCUT2D eigenvalue weighted by atomic mass is 19.4. The van der Waals surface area contributed by atoms with Crippen LogP contribution in [0.5, 0.6) is 11.6 Å². The molecule has 0 fully saturated rings. The Bertz CT molecular complexity index is 853. The van der Waals surface area contributed by atoms with E-state index in [1.54, 1.807) is 0 Å². The molecule has 0 radical (unpaired) electrons. The lowest BCUT2D eigenvalue weighted by atomic mass is 10.1. The Morgan fingerprint density at radius 3 is 2.26 bits per heavy atom. The van der Waals surface area contributed by atoms with Crippen molar-refractivity contribution in [1.29, 1.82) is 0 Å². The molecule has 0 saturated carbocycles. The van der Waals surface area contributed by atoms with Crippen molar-refractivity contribution in [1.82, 2.24) is 9.97 Å². The van der Waals surface area contributed by atoms with E-state index in [4.69, 9.17) is 9.47 Å². The summed E-state index contributed by atoms with van der Waals surface area (Å²) >= 11 is 0. The quantitative estimate of drug-likeness (QED) is 0.602. The van der Waals surface area contributed by atoms with Gasteiger partial charge in [-0.3, -0.25) is 0 Å². The van der Waals surface area contributed by atoms with E-state index in [0.717, 1.165) is 29.3 Å². The summed E-state index contributed by atoms with van der Waals surface area (Å²) in [7, 11) is 0. The number of alkyl halides is 3. The predicted molar refractivity (Wildman–Crippen MR) is 93.4 cm³/mol. The average Bonchev–Trinajstić information content (AvgIpc) is 2.68. The van der Waals surface area contributed by atoms with E-state index >= 15 is 0 Å². The maximum Gasteiger partial charge on any atom is 0.433 e. The summed E-state index contributed by atoms with van der Waals surface area (Å²) < 4.78 is 48.8. The third-order valence-corrected chi connectivity index (χ3v) is 3.74. The zero-order chi connectivity index (χ0) is 19.1. The predicted octanol–water partition coefficient (Wildman–Crippen LogP) is 4.70. The molecule has 3 rings (SSSR count). The number of halogens is 3.